The number of nitrogens with zero attached hydrogens (tertiary/aromatic N) is 2. The number of methoxy groups -OCH3 is 2. The first kappa shape index (κ1) is 26.0. The Kier molecular flexibility index (Phi) is 7.78. The molecule has 1 amide bonds. The highest BCUT2D eigenvalue weighted by Gasteiger charge is 2.35. The lowest BCUT2D eigenvalue weighted by molar-refractivity contribution is -0.121. The quantitative estimate of drug-likeness (QED) is 0.406. The van der Waals surface area contributed by atoms with E-state index in [1.165, 1.54) is 4.68 Å². The molecule has 38 heavy (non-hydrogen) atoms. The van der Waals surface area contributed by atoms with Crippen molar-refractivity contribution in [2.24, 2.45) is 0 Å². The van der Waals surface area contributed by atoms with Gasteiger partial charge in [0, 0.05) is 24.2 Å². The Hall–Kier alpha value is -3.66. The Balaban J connectivity index is 1.31. The van der Waals surface area contributed by atoms with E-state index in [9.17, 15) is 13.6 Å². The number of fused-ring (bicyclic) bond motifs is 1. The molecule has 0 bridgehead atoms. The molecule has 3 heterocycles. The summed E-state index contributed by atoms with van der Waals surface area (Å²) < 4.78 is 40.4. The topological polar surface area (TPSA) is 89.4 Å². The van der Waals surface area contributed by atoms with Crippen molar-refractivity contribution in [2.45, 2.75) is 50.2 Å². The lowest BCUT2D eigenvalue weighted by Crippen LogP contribution is -2.46. The SMILES string of the molecule is COc1ccc(C2CC(C(F)F)n3nc(-c4ccc(CC(=O)NC5CCCNC5)cc4)cc3N2)cc1OC. The molecule has 2 aliphatic heterocycles. The zero-order chi connectivity index (χ0) is 26.6. The summed E-state index contributed by atoms with van der Waals surface area (Å²) in [5, 5.41) is 14.3. The van der Waals surface area contributed by atoms with Crippen LogP contribution in [0.1, 0.15) is 42.5 Å². The molecule has 10 heteroatoms. The van der Waals surface area contributed by atoms with Crippen molar-refractivity contribution in [2.75, 3.05) is 32.6 Å². The van der Waals surface area contributed by atoms with Gasteiger partial charge in [0.2, 0.25) is 5.91 Å². The molecule has 3 aromatic rings. The number of hydrogen-bond donors (Lipinski definition) is 3. The van der Waals surface area contributed by atoms with Gasteiger partial charge in [-0.05, 0) is 49.1 Å². The van der Waals surface area contributed by atoms with Crippen LogP contribution in [0.15, 0.2) is 48.5 Å². The van der Waals surface area contributed by atoms with Gasteiger partial charge in [-0.3, -0.25) is 4.79 Å². The average Bonchev–Trinajstić information content (AvgIpc) is 3.37. The number of piperidine rings is 1. The van der Waals surface area contributed by atoms with Crippen LogP contribution in [0, 0.1) is 0 Å². The van der Waals surface area contributed by atoms with Crippen molar-refractivity contribution in [3.05, 3.63) is 59.7 Å². The lowest BCUT2D eigenvalue weighted by Gasteiger charge is -2.32. The fourth-order valence-corrected chi connectivity index (χ4v) is 5.21. The van der Waals surface area contributed by atoms with Crippen molar-refractivity contribution >= 4 is 11.7 Å². The highest BCUT2D eigenvalue weighted by molar-refractivity contribution is 5.79. The minimum atomic E-state index is -2.58. The van der Waals surface area contributed by atoms with E-state index in [-0.39, 0.29) is 24.4 Å². The van der Waals surface area contributed by atoms with Crippen LogP contribution in [0.25, 0.3) is 11.3 Å². The van der Waals surface area contributed by atoms with Crippen molar-refractivity contribution in [1.29, 1.82) is 0 Å². The summed E-state index contributed by atoms with van der Waals surface area (Å²) in [5.41, 5.74) is 3.10. The smallest absolute Gasteiger partial charge is 0.260 e. The second kappa shape index (κ2) is 11.4. The molecule has 1 aromatic heterocycles. The van der Waals surface area contributed by atoms with Gasteiger partial charge in [-0.25, -0.2) is 13.5 Å². The molecule has 3 unspecified atom stereocenters. The second-order valence-corrected chi connectivity index (χ2v) is 9.79. The Morgan fingerprint density at radius 1 is 1.13 bits per heavy atom. The van der Waals surface area contributed by atoms with Gasteiger partial charge in [-0.1, -0.05) is 30.3 Å². The van der Waals surface area contributed by atoms with Crippen LogP contribution in [-0.4, -0.2) is 55.5 Å². The minimum Gasteiger partial charge on any atom is -0.493 e. The largest absolute Gasteiger partial charge is 0.493 e. The number of alkyl halides is 2. The Morgan fingerprint density at radius 3 is 2.61 bits per heavy atom. The zero-order valence-corrected chi connectivity index (χ0v) is 21.5. The predicted molar refractivity (Wildman–Crippen MR) is 141 cm³/mol. The van der Waals surface area contributed by atoms with Gasteiger partial charge in [-0.15, -0.1) is 0 Å². The van der Waals surface area contributed by atoms with Crippen molar-refractivity contribution in [1.82, 2.24) is 20.4 Å². The molecule has 5 rings (SSSR count). The van der Waals surface area contributed by atoms with Gasteiger partial charge >= 0.3 is 0 Å². The fraction of sp³-hybridized carbons (Fsp3) is 0.429. The minimum absolute atomic E-state index is 0.00548. The summed E-state index contributed by atoms with van der Waals surface area (Å²) in [7, 11) is 3.10. The molecule has 1 saturated heterocycles. The highest BCUT2D eigenvalue weighted by Crippen LogP contribution is 2.41. The van der Waals surface area contributed by atoms with E-state index in [0.717, 1.165) is 42.6 Å². The number of hydrogen-bond acceptors (Lipinski definition) is 6. The third-order valence-corrected chi connectivity index (χ3v) is 7.23. The summed E-state index contributed by atoms with van der Waals surface area (Å²) in [5.74, 6) is 1.65. The van der Waals surface area contributed by atoms with Crippen LogP contribution in [0.3, 0.4) is 0 Å². The number of carbonyl (C=O) groups excluding carboxylic acids is 1. The summed E-state index contributed by atoms with van der Waals surface area (Å²) in [6, 6.07) is 13.5. The van der Waals surface area contributed by atoms with Gasteiger partial charge in [0.15, 0.2) is 11.5 Å². The second-order valence-electron chi connectivity index (χ2n) is 9.79. The summed E-state index contributed by atoms with van der Waals surface area (Å²) >= 11 is 0. The van der Waals surface area contributed by atoms with Crippen LogP contribution >= 0.6 is 0 Å². The van der Waals surface area contributed by atoms with Gasteiger partial charge in [0.05, 0.1) is 32.4 Å². The lowest BCUT2D eigenvalue weighted by atomic mass is 9.97. The molecule has 0 radical (unpaired) electrons. The van der Waals surface area contributed by atoms with Crippen molar-refractivity contribution in [3.8, 4) is 22.8 Å². The third-order valence-electron chi connectivity index (χ3n) is 7.23. The number of rotatable bonds is 8. The maximum absolute atomic E-state index is 14.1. The predicted octanol–water partition coefficient (Wildman–Crippen LogP) is 4.34. The number of ether oxygens (including phenoxy) is 2. The summed E-state index contributed by atoms with van der Waals surface area (Å²) in [4.78, 5) is 12.4. The van der Waals surface area contributed by atoms with Crippen LogP contribution < -0.4 is 25.4 Å². The maximum Gasteiger partial charge on any atom is 0.260 e. The van der Waals surface area contributed by atoms with Crippen LogP contribution in [0.2, 0.25) is 0 Å². The molecule has 0 spiro atoms. The normalized spacial score (nSPS) is 20.9. The van der Waals surface area contributed by atoms with Crippen molar-refractivity contribution < 1.29 is 23.0 Å². The number of aromatic nitrogens is 2. The maximum atomic E-state index is 14.1. The molecule has 8 nitrogen and oxygen atoms in total. The summed E-state index contributed by atoms with van der Waals surface area (Å²) in [6.45, 7) is 1.80. The van der Waals surface area contributed by atoms with Crippen LogP contribution in [-0.2, 0) is 11.2 Å². The molecule has 2 aliphatic rings. The van der Waals surface area contributed by atoms with Gasteiger partial charge in [0.25, 0.3) is 6.43 Å². The van der Waals surface area contributed by atoms with Gasteiger partial charge in [0.1, 0.15) is 11.9 Å². The number of amides is 1. The first-order valence-corrected chi connectivity index (χ1v) is 12.9. The fourth-order valence-electron chi connectivity index (χ4n) is 5.21. The average molecular weight is 526 g/mol. The van der Waals surface area contributed by atoms with Gasteiger partial charge in [-0.2, -0.15) is 5.10 Å². The zero-order valence-electron chi connectivity index (χ0n) is 21.5. The highest BCUT2D eigenvalue weighted by atomic mass is 19.3. The molecular weight excluding hydrogens is 492 g/mol. The number of anilines is 1. The molecule has 202 valence electrons. The number of carbonyl (C=O) groups is 1. The van der Waals surface area contributed by atoms with E-state index in [1.54, 1.807) is 26.4 Å². The Labute approximate surface area is 220 Å². The first-order valence-electron chi connectivity index (χ1n) is 12.9. The number of halogens is 2. The number of benzene rings is 2. The van der Waals surface area contributed by atoms with E-state index >= 15 is 0 Å². The van der Waals surface area contributed by atoms with E-state index in [0.29, 0.717) is 29.4 Å². The molecule has 3 atom stereocenters. The van der Waals surface area contributed by atoms with Crippen LogP contribution in [0.5, 0.6) is 11.5 Å². The van der Waals surface area contributed by atoms with E-state index in [1.807, 2.05) is 36.4 Å². The van der Waals surface area contributed by atoms with E-state index < -0.39 is 12.5 Å². The van der Waals surface area contributed by atoms with Crippen LogP contribution in [0.4, 0.5) is 14.6 Å². The van der Waals surface area contributed by atoms with Gasteiger partial charge < -0.3 is 25.4 Å². The monoisotopic (exact) mass is 525 g/mol. The molecule has 0 saturated carbocycles. The first-order chi connectivity index (χ1) is 18.4. The Morgan fingerprint density at radius 2 is 1.92 bits per heavy atom. The van der Waals surface area contributed by atoms with E-state index in [4.69, 9.17) is 9.47 Å². The molecular formula is C28H33F2N5O3. The Bertz CT molecular complexity index is 1260. The van der Waals surface area contributed by atoms with E-state index in [2.05, 4.69) is 21.0 Å². The molecule has 3 N–H and O–H groups in total. The number of nitrogens with one attached hydrogen (secondary N) is 3. The molecule has 0 aliphatic carbocycles. The molecule has 2 aromatic carbocycles. The molecule has 1 fully saturated rings. The summed E-state index contributed by atoms with van der Waals surface area (Å²) in [6.07, 6.45) is -0.0653. The van der Waals surface area contributed by atoms with Crippen molar-refractivity contribution in [3.63, 3.8) is 0 Å². The third kappa shape index (κ3) is 5.60. The standard InChI is InChI=1S/C28H33F2N5O3/c1-37-24-10-9-19(13-25(24)38-2)21-14-23(28(29)30)35-26(33-21)15-22(34-35)18-7-5-17(6-8-18)12-27(36)32-20-4-3-11-31-16-20/h5-10,13,15,20-21,23,28,31,33H,3-4,11-12,14,16H2,1-2H3,(H,32,36).